The first kappa shape index (κ1) is 48.8. The number of carboxylic acid groups (broad SMARTS) is 1. The Hall–Kier alpha value is -8.17. The highest BCUT2D eigenvalue weighted by atomic mass is 32.1. The van der Waals surface area contributed by atoms with Crippen molar-refractivity contribution in [3.8, 4) is 5.75 Å². The van der Waals surface area contributed by atoms with Crippen LogP contribution in [0.4, 0.5) is 5.13 Å². The van der Waals surface area contributed by atoms with Gasteiger partial charge in [-0.3, -0.25) is 24.0 Å². The normalized spacial score (nSPS) is 15.3. The van der Waals surface area contributed by atoms with Crippen LogP contribution in [-0.2, 0) is 50.4 Å². The first-order valence-electron chi connectivity index (χ1n) is 21.5. The highest BCUT2D eigenvalue weighted by Crippen LogP contribution is 2.41. The largest absolute Gasteiger partial charge is 0.503 e. The molecule has 5 aromatic rings. The summed E-state index contributed by atoms with van der Waals surface area (Å²) in [5, 5.41) is 38.8. The molecule has 69 heavy (non-hydrogen) atoms. The second-order valence-corrected chi connectivity index (χ2v) is 18.2. The van der Waals surface area contributed by atoms with E-state index in [4.69, 9.17) is 14.6 Å². The summed E-state index contributed by atoms with van der Waals surface area (Å²) in [6, 6.07) is 28.9. The molecule has 7 rings (SSSR count). The van der Waals surface area contributed by atoms with Gasteiger partial charge in [-0.15, -0.1) is 11.3 Å². The van der Waals surface area contributed by atoms with Crippen LogP contribution in [-0.4, -0.2) is 108 Å². The summed E-state index contributed by atoms with van der Waals surface area (Å²) in [5.41, 5.74) is -2.79. The molecule has 0 saturated carbocycles. The molecular weight excluding hydrogens is 911 g/mol. The molecule has 0 aliphatic carbocycles. The molecule has 20 nitrogen and oxygen atoms in total. The van der Waals surface area contributed by atoms with Crippen molar-refractivity contribution < 1.29 is 48.6 Å². The Morgan fingerprint density at radius 1 is 0.884 bits per heavy atom. The fourth-order valence-electron chi connectivity index (χ4n) is 7.48. The molecule has 2 aliphatic rings. The molecule has 21 heteroatoms. The summed E-state index contributed by atoms with van der Waals surface area (Å²) >= 11 is 1.16. The number of hydrogen-bond acceptors (Lipinski definition) is 15. The van der Waals surface area contributed by atoms with Crippen LogP contribution >= 0.6 is 11.3 Å². The zero-order valence-electron chi connectivity index (χ0n) is 38.1. The number of rotatable bonds is 17. The van der Waals surface area contributed by atoms with E-state index >= 15 is 0 Å². The van der Waals surface area contributed by atoms with E-state index in [1.807, 2.05) is 91.0 Å². The predicted octanol–water partition coefficient (Wildman–Crippen LogP) is 3.11. The second-order valence-electron chi connectivity index (χ2n) is 17.4. The third-order valence-corrected chi connectivity index (χ3v) is 11.5. The number of aliphatic carboxylic acids is 1. The van der Waals surface area contributed by atoms with E-state index < -0.39 is 87.5 Å². The lowest BCUT2D eigenvalue weighted by Crippen LogP contribution is -2.46. The summed E-state index contributed by atoms with van der Waals surface area (Å²) in [5.74, 6) is -6.38. The van der Waals surface area contributed by atoms with Crippen LogP contribution in [0.2, 0.25) is 0 Å². The number of H-pyrrole nitrogens is 1. The van der Waals surface area contributed by atoms with Crippen LogP contribution in [0.1, 0.15) is 62.7 Å². The number of amides is 4. The fraction of sp³-hybridized carbons (Fsp3) is 0.271. The molecule has 7 N–H and O–H groups in total. The van der Waals surface area contributed by atoms with E-state index in [1.54, 1.807) is 26.2 Å². The number of benzene rings is 3. The molecule has 3 aromatic carbocycles. The lowest BCUT2D eigenvalue weighted by molar-refractivity contribution is -0.179. The standard InChI is InChI=1S/C48H49N9O11S/c1-46(2,3)67-44(66)47(4,5)68-55-38(34-27-69-45(53-34)54-48(28-15-9-6-10-16-28,29-17-11-7-12-18-29)30-19-13-8-14-20-30)41(62)52-33-26-56-25-32(39(43(64)65)57(56)42(33)63)40(61)51-24-37(60)50-22-31-21-35(58)36(59)23-49-31/h6-21,23,27,33,59H,22,24-26H2,1-5H3,(H,49,58)(H,50,60)(H,51,61)(H,52,62)(H,53,54)(H,64,65). The number of aromatic hydroxyl groups is 1. The Kier molecular flexibility index (Phi) is 14.1. The number of fused-ring (bicyclic) bond motifs is 1. The van der Waals surface area contributed by atoms with Gasteiger partial charge in [0.05, 0.1) is 25.2 Å². The van der Waals surface area contributed by atoms with E-state index in [-0.39, 0.29) is 36.6 Å². The fourth-order valence-corrected chi connectivity index (χ4v) is 8.23. The number of hydrazine groups is 1. The van der Waals surface area contributed by atoms with Gasteiger partial charge in [0.15, 0.2) is 22.3 Å². The minimum absolute atomic E-state index is 0.000191. The zero-order valence-corrected chi connectivity index (χ0v) is 38.9. The topological polar surface area (TPSA) is 274 Å². The van der Waals surface area contributed by atoms with Gasteiger partial charge in [-0.2, -0.15) is 0 Å². The van der Waals surface area contributed by atoms with E-state index in [2.05, 4.69) is 31.4 Å². The number of anilines is 1. The molecule has 4 heterocycles. The molecule has 1 saturated heterocycles. The number of nitrogens with one attached hydrogen (secondary N) is 5. The Morgan fingerprint density at radius 2 is 1.48 bits per heavy atom. The van der Waals surface area contributed by atoms with Crippen molar-refractivity contribution in [1.82, 2.24) is 35.9 Å². The molecule has 4 amide bonds. The average Bonchev–Trinajstić information content (AvgIpc) is 4.02. The van der Waals surface area contributed by atoms with Gasteiger partial charge in [0.25, 0.3) is 17.7 Å². The van der Waals surface area contributed by atoms with Crippen molar-refractivity contribution in [2.24, 2.45) is 5.16 Å². The molecule has 1 unspecified atom stereocenters. The Labute approximate surface area is 399 Å². The van der Waals surface area contributed by atoms with Crippen molar-refractivity contribution in [3.63, 3.8) is 0 Å². The zero-order chi connectivity index (χ0) is 49.7. The summed E-state index contributed by atoms with van der Waals surface area (Å²) < 4.78 is 5.54. The maximum Gasteiger partial charge on any atom is 0.354 e. The third kappa shape index (κ3) is 10.8. The second kappa shape index (κ2) is 20.0. The number of oxime groups is 1. The number of pyridine rings is 1. The number of aromatic nitrogens is 2. The molecule has 2 aliphatic heterocycles. The van der Waals surface area contributed by atoms with Crippen molar-refractivity contribution >= 4 is 57.7 Å². The minimum atomic E-state index is -1.72. The van der Waals surface area contributed by atoms with Gasteiger partial charge in [0, 0.05) is 29.9 Å². The average molecular weight is 960 g/mol. The third-order valence-electron chi connectivity index (χ3n) is 10.8. The first-order chi connectivity index (χ1) is 32.8. The molecule has 2 aromatic heterocycles. The SMILES string of the molecule is CC(C)(C)OC(=O)C(C)(C)ON=C(C(=O)NC1CN2CC(C(=O)NCC(=O)NCc3cc(=O)c(O)c[nH]3)=C(C(=O)O)N2C1=O)c1csc(NC(c2ccccc2)(c2ccccc2)c2ccccc2)n1. The molecule has 0 spiro atoms. The van der Waals surface area contributed by atoms with Crippen molar-refractivity contribution in [2.75, 3.05) is 25.0 Å². The van der Waals surface area contributed by atoms with Gasteiger partial charge in [-0.25, -0.2) is 24.6 Å². The molecule has 0 radical (unpaired) electrons. The van der Waals surface area contributed by atoms with Gasteiger partial charge >= 0.3 is 11.9 Å². The summed E-state index contributed by atoms with van der Waals surface area (Å²) in [6.45, 7) is 6.48. The number of hydrogen-bond donors (Lipinski definition) is 7. The highest BCUT2D eigenvalue weighted by Gasteiger charge is 2.50. The number of esters is 1. The Balaban J connectivity index is 1.14. The van der Waals surface area contributed by atoms with Crippen molar-refractivity contribution in [2.45, 2.75) is 63.9 Å². The highest BCUT2D eigenvalue weighted by molar-refractivity contribution is 7.14. The maximum absolute atomic E-state index is 14.4. The van der Waals surface area contributed by atoms with Gasteiger partial charge < -0.3 is 46.0 Å². The first-order valence-corrected chi connectivity index (χ1v) is 22.4. The van der Waals surface area contributed by atoms with Crippen LogP contribution in [0, 0.1) is 0 Å². The van der Waals surface area contributed by atoms with E-state index in [0.717, 1.165) is 45.3 Å². The monoisotopic (exact) mass is 959 g/mol. The van der Waals surface area contributed by atoms with Crippen LogP contribution in [0.15, 0.2) is 130 Å². The summed E-state index contributed by atoms with van der Waals surface area (Å²) in [6.07, 6.45) is 1.06. The smallest absolute Gasteiger partial charge is 0.354 e. The van der Waals surface area contributed by atoms with Crippen molar-refractivity contribution in [1.29, 1.82) is 0 Å². The van der Waals surface area contributed by atoms with Crippen LogP contribution in [0.3, 0.4) is 0 Å². The van der Waals surface area contributed by atoms with Crippen LogP contribution in [0.5, 0.6) is 5.75 Å². The molecule has 1 atom stereocenters. The number of carbonyl (C=O) groups excluding carboxylic acids is 5. The molecule has 1 fully saturated rings. The molecule has 358 valence electrons. The van der Waals surface area contributed by atoms with Gasteiger partial charge in [-0.1, -0.05) is 96.2 Å². The lowest BCUT2D eigenvalue weighted by atomic mass is 9.77. The Bertz CT molecular complexity index is 2800. The predicted molar refractivity (Wildman–Crippen MR) is 251 cm³/mol. The van der Waals surface area contributed by atoms with Crippen LogP contribution in [0.25, 0.3) is 0 Å². The maximum atomic E-state index is 14.4. The van der Waals surface area contributed by atoms with Gasteiger partial charge in [-0.05, 0) is 51.3 Å². The number of nitrogens with zero attached hydrogens (tertiary/aromatic N) is 4. The van der Waals surface area contributed by atoms with Gasteiger partial charge in [0.2, 0.25) is 16.9 Å². The number of aromatic amines is 1. The molecule has 0 bridgehead atoms. The number of carbonyl (C=O) groups is 6. The number of carboxylic acids is 1. The van der Waals surface area contributed by atoms with E-state index in [0.29, 0.717) is 5.13 Å². The van der Waals surface area contributed by atoms with E-state index in [1.165, 1.54) is 18.9 Å². The summed E-state index contributed by atoms with van der Waals surface area (Å²) in [4.78, 5) is 105. The number of ether oxygens (including phenoxy) is 1. The quantitative estimate of drug-likeness (QED) is 0.0306. The lowest BCUT2D eigenvalue weighted by Gasteiger charge is -2.36. The van der Waals surface area contributed by atoms with E-state index in [9.17, 15) is 43.8 Å². The van der Waals surface area contributed by atoms with Crippen LogP contribution < -0.4 is 26.7 Å². The van der Waals surface area contributed by atoms with Gasteiger partial charge in [0.1, 0.15) is 22.9 Å². The summed E-state index contributed by atoms with van der Waals surface area (Å²) in [7, 11) is 0. The Morgan fingerprint density at radius 3 is 2.03 bits per heavy atom. The molecular formula is C48H49N9O11S. The van der Waals surface area contributed by atoms with Crippen molar-refractivity contribution in [3.05, 3.63) is 158 Å². The minimum Gasteiger partial charge on any atom is -0.503 e. The number of thiazole rings is 1.